The van der Waals surface area contributed by atoms with Crippen molar-refractivity contribution in [1.82, 2.24) is 4.98 Å². The molecule has 0 aromatic carbocycles. The van der Waals surface area contributed by atoms with Gasteiger partial charge in [-0.1, -0.05) is 0 Å². The molecule has 1 rings (SSSR count). The van der Waals surface area contributed by atoms with Crippen LogP contribution in [0, 0.1) is 0 Å². The summed E-state index contributed by atoms with van der Waals surface area (Å²) in [5.41, 5.74) is 9.86. The number of primary amides is 1. The van der Waals surface area contributed by atoms with Gasteiger partial charge in [-0.15, -0.1) is 0 Å². The molecule has 0 aliphatic heterocycles. The molecule has 0 spiro atoms. The van der Waals surface area contributed by atoms with Crippen molar-refractivity contribution < 1.29 is 13.6 Å². The van der Waals surface area contributed by atoms with Gasteiger partial charge in [0.25, 0.3) is 12.3 Å². The van der Waals surface area contributed by atoms with Gasteiger partial charge in [-0.25, -0.2) is 8.78 Å². The van der Waals surface area contributed by atoms with Crippen LogP contribution in [0.5, 0.6) is 0 Å². The molecule has 6 heteroatoms. The number of halogens is 2. The highest BCUT2D eigenvalue weighted by atomic mass is 19.3. The fourth-order valence-corrected chi connectivity index (χ4v) is 1.01. The first-order valence-electron chi connectivity index (χ1n) is 3.83. The summed E-state index contributed by atoms with van der Waals surface area (Å²) in [6.07, 6.45) is -1.55. The lowest BCUT2D eigenvalue weighted by Crippen LogP contribution is -2.15. The molecule has 1 aromatic rings. The second kappa shape index (κ2) is 4.10. The number of nitrogens with two attached hydrogens (primary N) is 2. The predicted molar refractivity (Wildman–Crippen MR) is 45.6 cm³/mol. The SMILES string of the molecule is NCc1cnc(C(N)=O)cc1C(F)F. The third-order valence-electron chi connectivity index (χ3n) is 1.73. The normalized spacial score (nSPS) is 10.6. The van der Waals surface area contributed by atoms with Crippen LogP contribution in [0.1, 0.15) is 28.0 Å². The number of pyridine rings is 1. The van der Waals surface area contributed by atoms with E-state index in [1.807, 2.05) is 0 Å². The molecule has 1 amide bonds. The highest BCUT2D eigenvalue weighted by Crippen LogP contribution is 2.22. The minimum absolute atomic E-state index is 0.0499. The smallest absolute Gasteiger partial charge is 0.267 e. The molecule has 1 heterocycles. The van der Waals surface area contributed by atoms with Crippen LogP contribution in [-0.2, 0) is 6.54 Å². The van der Waals surface area contributed by atoms with Crippen molar-refractivity contribution in [2.24, 2.45) is 11.5 Å². The Hall–Kier alpha value is -1.56. The van der Waals surface area contributed by atoms with Gasteiger partial charge in [0.1, 0.15) is 5.69 Å². The zero-order valence-electron chi connectivity index (χ0n) is 7.21. The van der Waals surface area contributed by atoms with Crippen molar-refractivity contribution in [3.05, 3.63) is 29.1 Å². The number of hydrogen-bond donors (Lipinski definition) is 2. The highest BCUT2D eigenvalue weighted by molar-refractivity contribution is 5.90. The number of carbonyl (C=O) groups excluding carboxylic acids is 1. The summed E-state index contributed by atoms with van der Waals surface area (Å²) in [6, 6.07) is 0.967. The Labute approximate surface area is 78.9 Å². The summed E-state index contributed by atoms with van der Waals surface area (Å²) < 4.78 is 24.8. The number of alkyl halides is 2. The lowest BCUT2D eigenvalue weighted by Gasteiger charge is -2.06. The summed E-state index contributed by atoms with van der Waals surface area (Å²) in [5, 5.41) is 0. The van der Waals surface area contributed by atoms with Gasteiger partial charge < -0.3 is 11.5 Å². The molecule has 0 aliphatic rings. The van der Waals surface area contributed by atoms with Crippen LogP contribution >= 0.6 is 0 Å². The summed E-state index contributed by atoms with van der Waals surface area (Å²) in [4.78, 5) is 14.3. The van der Waals surface area contributed by atoms with E-state index in [0.29, 0.717) is 0 Å². The Morgan fingerprint density at radius 1 is 1.57 bits per heavy atom. The van der Waals surface area contributed by atoms with E-state index in [1.54, 1.807) is 0 Å². The molecule has 14 heavy (non-hydrogen) atoms. The van der Waals surface area contributed by atoms with Crippen LogP contribution in [0.15, 0.2) is 12.3 Å². The molecule has 0 saturated heterocycles. The third kappa shape index (κ3) is 2.02. The molecule has 0 bridgehead atoms. The molecule has 0 aliphatic carbocycles. The summed E-state index contributed by atoms with van der Waals surface area (Å²) >= 11 is 0. The summed E-state index contributed by atoms with van der Waals surface area (Å²) in [6.45, 7) is -0.0499. The molecule has 0 fully saturated rings. The van der Waals surface area contributed by atoms with Crippen molar-refractivity contribution in [3.63, 3.8) is 0 Å². The fraction of sp³-hybridized carbons (Fsp3) is 0.250. The van der Waals surface area contributed by atoms with Crippen molar-refractivity contribution >= 4 is 5.91 Å². The van der Waals surface area contributed by atoms with Crippen molar-refractivity contribution in [1.29, 1.82) is 0 Å². The predicted octanol–water partition coefficient (Wildman–Crippen LogP) is 0.577. The molecular formula is C8H9F2N3O. The second-order valence-electron chi connectivity index (χ2n) is 2.64. The zero-order chi connectivity index (χ0) is 10.7. The number of nitrogens with zero attached hydrogens (tertiary/aromatic N) is 1. The van der Waals surface area contributed by atoms with E-state index < -0.39 is 12.3 Å². The molecule has 4 N–H and O–H groups in total. The van der Waals surface area contributed by atoms with Gasteiger partial charge in [0, 0.05) is 18.3 Å². The Morgan fingerprint density at radius 3 is 2.64 bits per heavy atom. The van der Waals surface area contributed by atoms with Gasteiger partial charge in [0.15, 0.2) is 0 Å². The molecule has 0 atom stereocenters. The van der Waals surface area contributed by atoms with E-state index in [9.17, 15) is 13.6 Å². The van der Waals surface area contributed by atoms with Crippen LogP contribution in [0.3, 0.4) is 0 Å². The lowest BCUT2D eigenvalue weighted by atomic mass is 10.1. The van der Waals surface area contributed by atoms with Crippen LogP contribution in [0.25, 0.3) is 0 Å². The summed E-state index contributed by atoms with van der Waals surface area (Å²) in [5.74, 6) is -0.838. The van der Waals surface area contributed by atoms with Gasteiger partial charge in [0.2, 0.25) is 0 Å². The van der Waals surface area contributed by atoms with Crippen LogP contribution < -0.4 is 11.5 Å². The van der Waals surface area contributed by atoms with E-state index in [0.717, 1.165) is 12.3 Å². The standard InChI is InChI=1S/C8H9F2N3O/c9-7(10)5-1-6(8(12)14)13-3-4(5)2-11/h1,3,7H,2,11H2,(H2,12,14). The monoisotopic (exact) mass is 201 g/mol. The van der Waals surface area contributed by atoms with Crippen LogP contribution in [0.4, 0.5) is 8.78 Å². The largest absolute Gasteiger partial charge is 0.364 e. The number of hydrogen-bond acceptors (Lipinski definition) is 3. The number of amides is 1. The van der Waals surface area contributed by atoms with Gasteiger partial charge in [-0.3, -0.25) is 9.78 Å². The Balaban J connectivity index is 3.20. The number of carbonyl (C=O) groups is 1. The molecule has 1 aromatic heterocycles. The lowest BCUT2D eigenvalue weighted by molar-refractivity contribution is 0.0995. The molecule has 0 unspecified atom stereocenters. The molecule has 76 valence electrons. The molecule has 4 nitrogen and oxygen atoms in total. The maximum Gasteiger partial charge on any atom is 0.267 e. The molecular weight excluding hydrogens is 192 g/mol. The minimum atomic E-state index is -2.69. The first-order valence-corrected chi connectivity index (χ1v) is 3.83. The van der Waals surface area contributed by atoms with Crippen molar-refractivity contribution in [2.45, 2.75) is 13.0 Å². The minimum Gasteiger partial charge on any atom is -0.364 e. The van der Waals surface area contributed by atoms with Crippen molar-refractivity contribution in [3.8, 4) is 0 Å². The van der Waals surface area contributed by atoms with Gasteiger partial charge in [-0.05, 0) is 11.6 Å². The van der Waals surface area contributed by atoms with Gasteiger partial charge >= 0.3 is 0 Å². The van der Waals surface area contributed by atoms with Gasteiger partial charge in [-0.2, -0.15) is 0 Å². The zero-order valence-corrected chi connectivity index (χ0v) is 7.21. The highest BCUT2D eigenvalue weighted by Gasteiger charge is 2.15. The second-order valence-corrected chi connectivity index (χ2v) is 2.64. The topological polar surface area (TPSA) is 82.0 Å². The number of rotatable bonds is 3. The van der Waals surface area contributed by atoms with Gasteiger partial charge in [0.05, 0.1) is 0 Å². The maximum atomic E-state index is 12.4. The Morgan fingerprint density at radius 2 is 2.21 bits per heavy atom. The van der Waals surface area contributed by atoms with E-state index in [-0.39, 0.29) is 23.4 Å². The fourth-order valence-electron chi connectivity index (χ4n) is 1.01. The van der Waals surface area contributed by atoms with Crippen molar-refractivity contribution in [2.75, 3.05) is 0 Å². The van der Waals surface area contributed by atoms with E-state index in [2.05, 4.69) is 4.98 Å². The maximum absolute atomic E-state index is 12.4. The molecule has 0 radical (unpaired) electrons. The van der Waals surface area contributed by atoms with E-state index in [1.165, 1.54) is 0 Å². The summed E-state index contributed by atoms with van der Waals surface area (Å²) in [7, 11) is 0. The Kier molecular flexibility index (Phi) is 3.08. The van der Waals surface area contributed by atoms with Crippen LogP contribution in [0.2, 0.25) is 0 Å². The third-order valence-corrected chi connectivity index (χ3v) is 1.73. The number of aromatic nitrogens is 1. The van der Waals surface area contributed by atoms with Crippen LogP contribution in [-0.4, -0.2) is 10.9 Å². The first kappa shape index (κ1) is 10.5. The quantitative estimate of drug-likeness (QED) is 0.750. The van der Waals surface area contributed by atoms with E-state index in [4.69, 9.17) is 11.5 Å². The van der Waals surface area contributed by atoms with E-state index >= 15 is 0 Å². The Bertz CT molecular complexity index is 354. The average Bonchev–Trinajstić information content (AvgIpc) is 2.16. The molecule has 0 saturated carbocycles. The first-order chi connectivity index (χ1) is 6.56. The average molecular weight is 201 g/mol.